The quantitative estimate of drug-likeness (QED) is 0.789. The van der Waals surface area contributed by atoms with E-state index >= 15 is 0 Å². The van der Waals surface area contributed by atoms with Gasteiger partial charge < -0.3 is 11.1 Å². The van der Waals surface area contributed by atoms with Crippen molar-refractivity contribution in [1.82, 2.24) is 4.90 Å². The maximum atomic E-state index is 12.1. The SMILES string of the molecule is CCCN(CC(=O)Nc1ccccc1CN)C1CC1. The van der Waals surface area contributed by atoms with E-state index in [-0.39, 0.29) is 5.91 Å². The normalized spacial score (nSPS) is 14.7. The Morgan fingerprint density at radius 3 is 2.79 bits per heavy atom. The van der Waals surface area contributed by atoms with Crippen molar-refractivity contribution < 1.29 is 4.79 Å². The van der Waals surface area contributed by atoms with Crippen molar-refractivity contribution in [2.45, 2.75) is 38.8 Å². The van der Waals surface area contributed by atoms with Crippen molar-refractivity contribution in [1.29, 1.82) is 0 Å². The van der Waals surface area contributed by atoms with E-state index in [9.17, 15) is 4.79 Å². The highest BCUT2D eigenvalue weighted by Crippen LogP contribution is 2.26. The van der Waals surface area contributed by atoms with Crippen LogP contribution in [0.1, 0.15) is 31.7 Å². The highest BCUT2D eigenvalue weighted by molar-refractivity contribution is 5.93. The molecular formula is C15H23N3O. The lowest BCUT2D eigenvalue weighted by Crippen LogP contribution is -2.35. The lowest BCUT2D eigenvalue weighted by atomic mass is 10.2. The van der Waals surface area contributed by atoms with E-state index in [0.717, 1.165) is 24.2 Å². The molecule has 4 nitrogen and oxygen atoms in total. The first-order valence-corrected chi connectivity index (χ1v) is 7.06. The number of carbonyl (C=O) groups is 1. The van der Waals surface area contributed by atoms with Crippen LogP contribution in [0.4, 0.5) is 5.69 Å². The standard InChI is InChI=1S/C15H23N3O/c1-2-9-18(13-7-8-13)11-15(19)17-14-6-4-3-5-12(14)10-16/h3-6,13H,2,7-11,16H2,1H3,(H,17,19). The number of anilines is 1. The molecule has 19 heavy (non-hydrogen) atoms. The minimum absolute atomic E-state index is 0.0567. The summed E-state index contributed by atoms with van der Waals surface area (Å²) in [5.74, 6) is 0.0567. The molecule has 0 heterocycles. The number of hydrogen-bond donors (Lipinski definition) is 2. The molecule has 1 aromatic rings. The van der Waals surface area contributed by atoms with Gasteiger partial charge in [-0.1, -0.05) is 25.1 Å². The molecule has 104 valence electrons. The van der Waals surface area contributed by atoms with Crippen LogP contribution >= 0.6 is 0 Å². The van der Waals surface area contributed by atoms with E-state index in [2.05, 4.69) is 17.1 Å². The molecule has 2 rings (SSSR count). The van der Waals surface area contributed by atoms with Crippen molar-refractivity contribution in [3.63, 3.8) is 0 Å². The van der Waals surface area contributed by atoms with E-state index < -0.39 is 0 Å². The molecule has 0 spiro atoms. The van der Waals surface area contributed by atoms with Crippen molar-refractivity contribution in [2.24, 2.45) is 5.73 Å². The summed E-state index contributed by atoms with van der Waals surface area (Å²) in [6.07, 6.45) is 3.54. The van der Waals surface area contributed by atoms with Gasteiger partial charge in [-0.15, -0.1) is 0 Å². The predicted octanol–water partition coefficient (Wildman–Crippen LogP) is 1.96. The number of rotatable bonds is 7. The first-order valence-electron chi connectivity index (χ1n) is 7.06. The average molecular weight is 261 g/mol. The Morgan fingerprint density at radius 1 is 1.42 bits per heavy atom. The molecule has 1 aromatic carbocycles. The van der Waals surface area contributed by atoms with Crippen molar-refractivity contribution in [2.75, 3.05) is 18.4 Å². The van der Waals surface area contributed by atoms with Gasteiger partial charge in [-0.05, 0) is 37.4 Å². The molecule has 3 N–H and O–H groups in total. The van der Waals surface area contributed by atoms with Gasteiger partial charge >= 0.3 is 0 Å². The van der Waals surface area contributed by atoms with Gasteiger partial charge in [0.25, 0.3) is 0 Å². The van der Waals surface area contributed by atoms with E-state index in [0.29, 0.717) is 19.1 Å². The number of nitrogens with one attached hydrogen (secondary N) is 1. The molecular weight excluding hydrogens is 238 g/mol. The van der Waals surface area contributed by atoms with Crippen LogP contribution < -0.4 is 11.1 Å². The Balaban J connectivity index is 1.92. The Kier molecular flexibility index (Phi) is 4.93. The third kappa shape index (κ3) is 4.04. The summed E-state index contributed by atoms with van der Waals surface area (Å²) < 4.78 is 0. The Bertz CT molecular complexity index is 429. The lowest BCUT2D eigenvalue weighted by molar-refractivity contribution is -0.117. The molecule has 4 heteroatoms. The third-order valence-electron chi connectivity index (χ3n) is 3.43. The summed E-state index contributed by atoms with van der Waals surface area (Å²) in [4.78, 5) is 14.4. The van der Waals surface area contributed by atoms with Crippen LogP contribution in [-0.2, 0) is 11.3 Å². The second-order valence-electron chi connectivity index (χ2n) is 5.11. The van der Waals surface area contributed by atoms with E-state index in [1.54, 1.807) is 0 Å². The van der Waals surface area contributed by atoms with Gasteiger partial charge in [0.05, 0.1) is 6.54 Å². The first-order chi connectivity index (χ1) is 9.24. The van der Waals surface area contributed by atoms with Crippen LogP contribution in [-0.4, -0.2) is 29.9 Å². The van der Waals surface area contributed by atoms with Crippen LogP contribution in [0.15, 0.2) is 24.3 Å². The molecule has 1 fully saturated rings. The van der Waals surface area contributed by atoms with Crippen molar-refractivity contribution in [3.8, 4) is 0 Å². The number of nitrogens with two attached hydrogens (primary N) is 1. The zero-order valence-corrected chi connectivity index (χ0v) is 11.6. The van der Waals surface area contributed by atoms with E-state index in [1.165, 1.54) is 12.8 Å². The first kappa shape index (κ1) is 14.0. The van der Waals surface area contributed by atoms with Gasteiger partial charge in [0.1, 0.15) is 0 Å². The fraction of sp³-hybridized carbons (Fsp3) is 0.533. The topological polar surface area (TPSA) is 58.4 Å². The van der Waals surface area contributed by atoms with Crippen LogP contribution in [0.3, 0.4) is 0 Å². The monoisotopic (exact) mass is 261 g/mol. The molecule has 1 aliphatic rings. The lowest BCUT2D eigenvalue weighted by Gasteiger charge is -2.20. The maximum absolute atomic E-state index is 12.1. The number of para-hydroxylation sites is 1. The van der Waals surface area contributed by atoms with Gasteiger partial charge in [0.2, 0.25) is 5.91 Å². The summed E-state index contributed by atoms with van der Waals surface area (Å²) in [5, 5.41) is 2.97. The minimum atomic E-state index is 0.0567. The summed E-state index contributed by atoms with van der Waals surface area (Å²) >= 11 is 0. The number of carbonyl (C=O) groups excluding carboxylic acids is 1. The smallest absolute Gasteiger partial charge is 0.238 e. The largest absolute Gasteiger partial charge is 0.326 e. The van der Waals surface area contributed by atoms with E-state index in [1.807, 2.05) is 24.3 Å². The van der Waals surface area contributed by atoms with Crippen LogP contribution in [0.2, 0.25) is 0 Å². The number of hydrogen-bond acceptors (Lipinski definition) is 3. The maximum Gasteiger partial charge on any atom is 0.238 e. The minimum Gasteiger partial charge on any atom is -0.326 e. The van der Waals surface area contributed by atoms with Gasteiger partial charge in [-0.2, -0.15) is 0 Å². The van der Waals surface area contributed by atoms with Gasteiger partial charge in [0, 0.05) is 18.3 Å². The van der Waals surface area contributed by atoms with Crippen molar-refractivity contribution in [3.05, 3.63) is 29.8 Å². The van der Waals surface area contributed by atoms with Gasteiger partial charge in [-0.25, -0.2) is 0 Å². The summed E-state index contributed by atoms with van der Waals surface area (Å²) in [6.45, 7) is 4.07. The summed E-state index contributed by atoms with van der Waals surface area (Å²) in [7, 11) is 0. The summed E-state index contributed by atoms with van der Waals surface area (Å²) in [6, 6.07) is 8.32. The fourth-order valence-corrected chi connectivity index (χ4v) is 2.31. The van der Waals surface area contributed by atoms with Crippen LogP contribution in [0.25, 0.3) is 0 Å². The molecule has 1 aliphatic carbocycles. The zero-order valence-electron chi connectivity index (χ0n) is 11.6. The zero-order chi connectivity index (χ0) is 13.7. The van der Waals surface area contributed by atoms with Gasteiger partial charge in [0.15, 0.2) is 0 Å². The molecule has 0 bridgehead atoms. The Hall–Kier alpha value is -1.39. The number of amides is 1. The molecule has 0 aromatic heterocycles. The molecule has 0 aliphatic heterocycles. The third-order valence-corrected chi connectivity index (χ3v) is 3.43. The molecule has 0 saturated heterocycles. The number of nitrogens with zero attached hydrogens (tertiary/aromatic N) is 1. The highest BCUT2D eigenvalue weighted by atomic mass is 16.2. The summed E-state index contributed by atoms with van der Waals surface area (Å²) in [5.41, 5.74) is 7.48. The predicted molar refractivity (Wildman–Crippen MR) is 77.8 cm³/mol. The number of benzene rings is 1. The Morgan fingerprint density at radius 2 is 2.16 bits per heavy atom. The van der Waals surface area contributed by atoms with E-state index in [4.69, 9.17) is 5.73 Å². The highest BCUT2D eigenvalue weighted by Gasteiger charge is 2.29. The fourth-order valence-electron chi connectivity index (χ4n) is 2.31. The van der Waals surface area contributed by atoms with Crippen LogP contribution in [0, 0.1) is 0 Å². The molecule has 1 saturated carbocycles. The Labute approximate surface area is 115 Å². The molecule has 0 unspecified atom stereocenters. The second kappa shape index (κ2) is 6.68. The van der Waals surface area contributed by atoms with Crippen molar-refractivity contribution >= 4 is 11.6 Å². The molecule has 1 amide bonds. The molecule has 0 radical (unpaired) electrons. The van der Waals surface area contributed by atoms with Gasteiger partial charge in [-0.3, -0.25) is 9.69 Å². The molecule has 0 atom stereocenters. The second-order valence-corrected chi connectivity index (χ2v) is 5.11. The average Bonchev–Trinajstić information content (AvgIpc) is 3.23. The van der Waals surface area contributed by atoms with Crippen LogP contribution in [0.5, 0.6) is 0 Å².